The molecule has 1 atom stereocenters. The van der Waals surface area contributed by atoms with Crippen molar-refractivity contribution in [1.29, 1.82) is 0 Å². The summed E-state index contributed by atoms with van der Waals surface area (Å²) in [6.07, 6.45) is 9.15. The largest absolute Gasteiger partial charge is 0.468 e. The van der Waals surface area contributed by atoms with Gasteiger partial charge in [0, 0.05) is 23.7 Å². The Kier molecular flexibility index (Phi) is 8.25. The van der Waals surface area contributed by atoms with Gasteiger partial charge in [0.15, 0.2) is 5.65 Å². The summed E-state index contributed by atoms with van der Waals surface area (Å²) in [7, 11) is 1.34. The second-order valence-electron chi connectivity index (χ2n) is 9.32. The Morgan fingerprint density at radius 3 is 2.62 bits per heavy atom. The summed E-state index contributed by atoms with van der Waals surface area (Å²) in [5.41, 5.74) is 7.82. The topological polar surface area (TPSA) is 95.9 Å². The first-order valence-electron chi connectivity index (χ1n) is 11.7. The summed E-state index contributed by atoms with van der Waals surface area (Å²) < 4.78 is 22.5. The second-order valence-corrected chi connectivity index (χ2v) is 9.32. The third kappa shape index (κ3) is 4.66. The number of carbonyl (C=O) groups excluding carboxylic acids is 1. The molecule has 9 heteroatoms. The van der Waals surface area contributed by atoms with Gasteiger partial charge in [-0.2, -0.15) is 0 Å². The quantitative estimate of drug-likeness (QED) is 0.470. The average molecular weight is 490 g/mol. The Morgan fingerprint density at radius 1 is 1.24 bits per heavy atom. The first kappa shape index (κ1) is 26.0. The van der Waals surface area contributed by atoms with Crippen LogP contribution in [0, 0.1) is 11.7 Å². The van der Waals surface area contributed by atoms with Crippen LogP contribution in [-0.2, 0) is 14.9 Å². The molecular formula is C25H33ClFN5O2. The first-order chi connectivity index (χ1) is 15.9. The molecule has 2 heterocycles. The minimum absolute atomic E-state index is 0. The van der Waals surface area contributed by atoms with Crippen molar-refractivity contribution < 1.29 is 13.9 Å². The number of halogens is 2. The van der Waals surface area contributed by atoms with Gasteiger partial charge in [0.05, 0.1) is 13.4 Å². The van der Waals surface area contributed by atoms with E-state index in [-0.39, 0.29) is 30.6 Å². The SMILES string of the molecule is COC(=O)C(CN)(CC1CCCCC1)c1cc(-c2ncnc3c2ncn3C(C)C)ccc1F.Cl. The summed E-state index contributed by atoms with van der Waals surface area (Å²) in [5.74, 6) is -0.663. The monoisotopic (exact) mass is 489 g/mol. The minimum Gasteiger partial charge on any atom is -0.468 e. The molecule has 0 aliphatic heterocycles. The molecule has 4 rings (SSSR count). The lowest BCUT2D eigenvalue weighted by Gasteiger charge is -2.35. The fraction of sp³-hybridized carbons (Fsp3) is 0.520. The van der Waals surface area contributed by atoms with E-state index in [4.69, 9.17) is 10.5 Å². The summed E-state index contributed by atoms with van der Waals surface area (Å²) in [6.45, 7) is 4.07. The molecule has 1 aromatic carbocycles. The maximum Gasteiger partial charge on any atom is 0.317 e. The number of benzene rings is 1. The van der Waals surface area contributed by atoms with Crippen LogP contribution in [0.3, 0.4) is 0 Å². The summed E-state index contributed by atoms with van der Waals surface area (Å²) in [4.78, 5) is 26.5. The fourth-order valence-electron chi connectivity index (χ4n) is 5.14. The minimum atomic E-state index is -1.25. The van der Waals surface area contributed by atoms with Crippen molar-refractivity contribution in [2.75, 3.05) is 13.7 Å². The smallest absolute Gasteiger partial charge is 0.317 e. The molecule has 0 saturated heterocycles. The molecule has 3 aromatic rings. The Bertz CT molecular complexity index is 1150. The molecule has 1 unspecified atom stereocenters. The number of carbonyl (C=O) groups is 1. The van der Waals surface area contributed by atoms with Crippen LogP contribution in [0.25, 0.3) is 22.4 Å². The lowest BCUT2D eigenvalue weighted by atomic mass is 9.70. The second kappa shape index (κ2) is 10.8. The van der Waals surface area contributed by atoms with E-state index in [1.807, 2.05) is 4.57 Å². The van der Waals surface area contributed by atoms with Gasteiger partial charge in [-0.15, -0.1) is 12.4 Å². The number of hydrogen-bond donors (Lipinski definition) is 1. The Labute approximate surface area is 205 Å². The molecule has 184 valence electrons. The van der Waals surface area contributed by atoms with Crippen LogP contribution >= 0.6 is 12.4 Å². The lowest BCUT2D eigenvalue weighted by Crippen LogP contribution is -2.46. The molecule has 2 aromatic heterocycles. The van der Waals surface area contributed by atoms with E-state index in [1.54, 1.807) is 18.5 Å². The number of nitrogens with two attached hydrogens (primary N) is 1. The Balaban J connectivity index is 0.00000324. The molecule has 1 fully saturated rings. The maximum atomic E-state index is 15.3. The zero-order chi connectivity index (χ0) is 23.6. The standard InChI is InChI=1S/C25H32FN5O2.ClH/c1-16(2)31-15-30-22-21(28-14-29-23(22)31)18-9-10-20(26)19(11-18)25(13-27,24(32)33-3)12-17-7-5-4-6-8-17;/h9-11,14-17H,4-8,12-13,27H2,1-3H3;1H. The number of methoxy groups -OCH3 is 1. The zero-order valence-electron chi connectivity index (χ0n) is 20.0. The number of esters is 1. The highest BCUT2D eigenvalue weighted by Crippen LogP contribution is 2.40. The van der Waals surface area contributed by atoms with Gasteiger partial charge in [0.1, 0.15) is 28.8 Å². The number of rotatable bonds is 7. The van der Waals surface area contributed by atoms with E-state index in [9.17, 15) is 4.79 Å². The number of ether oxygens (including phenoxy) is 1. The highest BCUT2D eigenvalue weighted by molar-refractivity contribution is 5.89. The van der Waals surface area contributed by atoms with E-state index in [2.05, 4.69) is 28.8 Å². The highest BCUT2D eigenvalue weighted by Gasteiger charge is 2.44. The number of fused-ring (bicyclic) bond motifs is 1. The van der Waals surface area contributed by atoms with Gasteiger partial charge in [-0.1, -0.05) is 32.1 Å². The van der Waals surface area contributed by atoms with Crippen LogP contribution in [-0.4, -0.2) is 39.1 Å². The molecule has 0 bridgehead atoms. The molecule has 1 aliphatic carbocycles. The van der Waals surface area contributed by atoms with Crippen LogP contribution < -0.4 is 5.73 Å². The predicted molar refractivity (Wildman–Crippen MR) is 132 cm³/mol. The van der Waals surface area contributed by atoms with Gasteiger partial charge in [-0.25, -0.2) is 19.3 Å². The first-order valence-corrected chi connectivity index (χ1v) is 11.7. The van der Waals surface area contributed by atoms with E-state index >= 15 is 4.39 Å². The molecule has 0 spiro atoms. The molecule has 0 radical (unpaired) electrons. The lowest BCUT2D eigenvalue weighted by molar-refractivity contribution is -0.148. The van der Waals surface area contributed by atoms with Crippen molar-refractivity contribution >= 4 is 29.5 Å². The van der Waals surface area contributed by atoms with E-state index in [0.29, 0.717) is 34.8 Å². The number of hydrogen-bond acceptors (Lipinski definition) is 6. The van der Waals surface area contributed by atoms with E-state index < -0.39 is 17.2 Å². The third-order valence-electron chi connectivity index (χ3n) is 6.96. The molecule has 7 nitrogen and oxygen atoms in total. The van der Waals surface area contributed by atoms with Crippen molar-refractivity contribution in [2.45, 2.75) is 63.8 Å². The molecule has 34 heavy (non-hydrogen) atoms. The van der Waals surface area contributed by atoms with Crippen LogP contribution in [0.4, 0.5) is 4.39 Å². The molecule has 0 amide bonds. The highest BCUT2D eigenvalue weighted by atomic mass is 35.5. The van der Waals surface area contributed by atoms with Gasteiger partial charge in [-0.3, -0.25) is 4.79 Å². The number of nitrogens with zero attached hydrogens (tertiary/aromatic N) is 4. The Hall–Kier alpha value is -2.58. The molecule has 1 aliphatic rings. The molecule has 1 saturated carbocycles. The summed E-state index contributed by atoms with van der Waals surface area (Å²) in [5, 5.41) is 0. The van der Waals surface area contributed by atoms with Crippen LogP contribution in [0.15, 0.2) is 30.9 Å². The number of aromatic nitrogens is 4. The predicted octanol–water partition coefficient (Wildman–Crippen LogP) is 4.98. The van der Waals surface area contributed by atoms with Crippen molar-refractivity contribution in [3.05, 3.63) is 42.2 Å². The Morgan fingerprint density at radius 2 is 1.97 bits per heavy atom. The van der Waals surface area contributed by atoms with Crippen molar-refractivity contribution in [3.8, 4) is 11.3 Å². The summed E-state index contributed by atoms with van der Waals surface area (Å²) in [6, 6.07) is 4.92. The zero-order valence-corrected chi connectivity index (χ0v) is 20.8. The van der Waals surface area contributed by atoms with Crippen LogP contribution in [0.1, 0.15) is 64.0 Å². The summed E-state index contributed by atoms with van der Waals surface area (Å²) >= 11 is 0. The van der Waals surface area contributed by atoms with Gasteiger partial charge in [-0.05, 0) is 44.4 Å². The third-order valence-corrected chi connectivity index (χ3v) is 6.96. The van der Waals surface area contributed by atoms with Crippen LogP contribution in [0.5, 0.6) is 0 Å². The molecule has 2 N–H and O–H groups in total. The van der Waals surface area contributed by atoms with Crippen molar-refractivity contribution in [3.63, 3.8) is 0 Å². The van der Waals surface area contributed by atoms with Gasteiger partial charge < -0.3 is 15.0 Å². The van der Waals surface area contributed by atoms with Crippen LogP contribution in [0.2, 0.25) is 0 Å². The van der Waals surface area contributed by atoms with E-state index in [1.165, 1.54) is 25.9 Å². The normalized spacial score (nSPS) is 16.3. The average Bonchev–Trinajstić information content (AvgIpc) is 3.28. The van der Waals surface area contributed by atoms with Crippen molar-refractivity contribution in [2.24, 2.45) is 11.7 Å². The fourth-order valence-corrected chi connectivity index (χ4v) is 5.14. The number of imidazole rings is 1. The molecular weight excluding hydrogens is 457 g/mol. The van der Waals surface area contributed by atoms with Gasteiger partial charge in [0.25, 0.3) is 0 Å². The maximum absolute atomic E-state index is 15.3. The van der Waals surface area contributed by atoms with Gasteiger partial charge >= 0.3 is 5.97 Å². The van der Waals surface area contributed by atoms with E-state index in [0.717, 1.165) is 25.7 Å². The van der Waals surface area contributed by atoms with Gasteiger partial charge in [0.2, 0.25) is 0 Å². The van der Waals surface area contributed by atoms with Crippen molar-refractivity contribution in [1.82, 2.24) is 19.5 Å².